The van der Waals surface area contributed by atoms with Crippen LogP contribution in [0.5, 0.6) is 0 Å². The van der Waals surface area contributed by atoms with Crippen LogP contribution in [0.1, 0.15) is 21.5 Å². The number of carbonyl (C=O) groups excluding carboxylic acids is 1. The molecule has 0 spiro atoms. The van der Waals surface area contributed by atoms with Crippen LogP contribution in [-0.2, 0) is 0 Å². The lowest BCUT2D eigenvalue weighted by atomic mass is 10.1. The van der Waals surface area contributed by atoms with E-state index in [0.717, 1.165) is 10.0 Å². The molecular weight excluding hydrogens is 309 g/mol. The topological polar surface area (TPSA) is 29.1 Å². The third kappa shape index (κ3) is 3.41. The van der Waals surface area contributed by atoms with Gasteiger partial charge in [-0.2, -0.15) is 0 Å². The van der Waals surface area contributed by atoms with Gasteiger partial charge in [0.15, 0.2) is 0 Å². The Bertz CT molecular complexity index is 620. The van der Waals surface area contributed by atoms with Gasteiger partial charge in [-0.25, -0.2) is 4.39 Å². The van der Waals surface area contributed by atoms with Crippen LogP contribution in [-0.4, -0.2) is 5.91 Å². The average Bonchev–Trinajstić information content (AvgIpc) is 2.31. The van der Waals surface area contributed by atoms with Crippen molar-refractivity contribution in [1.82, 2.24) is 0 Å². The summed E-state index contributed by atoms with van der Waals surface area (Å²) >= 11 is 3.39. The molecule has 1 N–H and O–H groups in total. The first-order valence-electron chi connectivity index (χ1n) is 5.80. The van der Waals surface area contributed by atoms with Crippen LogP contribution in [0.15, 0.2) is 40.9 Å². The summed E-state index contributed by atoms with van der Waals surface area (Å²) in [6.07, 6.45) is 0. The summed E-state index contributed by atoms with van der Waals surface area (Å²) in [5, 5.41) is 2.76. The summed E-state index contributed by atoms with van der Waals surface area (Å²) in [5.41, 5.74) is 2.78. The highest BCUT2D eigenvalue weighted by Crippen LogP contribution is 2.24. The van der Waals surface area contributed by atoms with Gasteiger partial charge in [-0.1, -0.05) is 6.07 Å². The standard InChI is InChI=1S/C15H13BrFNO/c1-9-3-4-14(13(16)7-9)18-15(19)11-5-10(2)6-12(17)8-11/h3-8H,1-2H3,(H,18,19). The highest BCUT2D eigenvalue weighted by molar-refractivity contribution is 9.10. The summed E-state index contributed by atoms with van der Waals surface area (Å²) in [6, 6.07) is 9.89. The number of rotatable bonds is 2. The summed E-state index contributed by atoms with van der Waals surface area (Å²) in [5.74, 6) is -0.736. The van der Waals surface area contributed by atoms with E-state index in [1.54, 1.807) is 13.0 Å². The molecule has 0 bridgehead atoms. The second kappa shape index (κ2) is 5.53. The Labute approximate surface area is 119 Å². The maximum atomic E-state index is 13.3. The van der Waals surface area contributed by atoms with E-state index in [1.807, 2.05) is 25.1 Å². The van der Waals surface area contributed by atoms with E-state index in [-0.39, 0.29) is 5.91 Å². The van der Waals surface area contributed by atoms with Gasteiger partial charge in [-0.3, -0.25) is 4.79 Å². The van der Waals surface area contributed by atoms with Gasteiger partial charge in [0.05, 0.1) is 5.69 Å². The zero-order valence-electron chi connectivity index (χ0n) is 10.6. The van der Waals surface area contributed by atoms with E-state index in [0.29, 0.717) is 16.8 Å². The van der Waals surface area contributed by atoms with E-state index in [4.69, 9.17) is 0 Å². The van der Waals surface area contributed by atoms with Gasteiger partial charge >= 0.3 is 0 Å². The molecule has 98 valence electrons. The van der Waals surface area contributed by atoms with Crippen molar-refractivity contribution in [3.63, 3.8) is 0 Å². The van der Waals surface area contributed by atoms with Crippen molar-refractivity contribution in [2.75, 3.05) is 5.32 Å². The molecule has 2 rings (SSSR count). The van der Waals surface area contributed by atoms with Crippen LogP contribution in [0.3, 0.4) is 0 Å². The molecule has 0 aromatic heterocycles. The lowest BCUT2D eigenvalue weighted by Gasteiger charge is -2.09. The SMILES string of the molecule is Cc1cc(F)cc(C(=O)Nc2ccc(C)cc2Br)c1. The quantitative estimate of drug-likeness (QED) is 0.869. The molecule has 0 aliphatic carbocycles. The summed E-state index contributed by atoms with van der Waals surface area (Å²) in [4.78, 5) is 12.1. The van der Waals surface area contributed by atoms with Gasteiger partial charge in [-0.05, 0) is 71.2 Å². The van der Waals surface area contributed by atoms with Crippen LogP contribution in [0, 0.1) is 19.7 Å². The van der Waals surface area contributed by atoms with E-state index < -0.39 is 5.82 Å². The van der Waals surface area contributed by atoms with Gasteiger partial charge < -0.3 is 5.32 Å². The number of carbonyl (C=O) groups is 1. The minimum absolute atomic E-state index is 0.310. The minimum atomic E-state index is -0.409. The van der Waals surface area contributed by atoms with Crippen LogP contribution >= 0.6 is 15.9 Å². The fourth-order valence-corrected chi connectivity index (χ4v) is 2.38. The first-order valence-corrected chi connectivity index (χ1v) is 6.60. The molecule has 1 amide bonds. The van der Waals surface area contributed by atoms with Gasteiger partial charge in [0.1, 0.15) is 5.82 Å². The highest BCUT2D eigenvalue weighted by atomic mass is 79.9. The van der Waals surface area contributed by atoms with Crippen molar-refractivity contribution in [3.05, 3.63) is 63.4 Å². The third-order valence-electron chi connectivity index (χ3n) is 2.68. The fourth-order valence-electron chi connectivity index (χ4n) is 1.78. The zero-order valence-corrected chi connectivity index (χ0v) is 12.2. The predicted molar refractivity (Wildman–Crippen MR) is 78.0 cm³/mol. The molecule has 4 heteroatoms. The van der Waals surface area contributed by atoms with Crippen molar-refractivity contribution in [1.29, 1.82) is 0 Å². The molecule has 0 radical (unpaired) electrons. The zero-order chi connectivity index (χ0) is 14.0. The van der Waals surface area contributed by atoms with Crippen molar-refractivity contribution in [3.8, 4) is 0 Å². The molecule has 0 atom stereocenters. The molecule has 0 fully saturated rings. The van der Waals surface area contributed by atoms with E-state index >= 15 is 0 Å². The fraction of sp³-hybridized carbons (Fsp3) is 0.133. The average molecular weight is 322 g/mol. The summed E-state index contributed by atoms with van der Waals surface area (Å²) in [7, 11) is 0. The smallest absolute Gasteiger partial charge is 0.255 e. The van der Waals surface area contributed by atoms with Crippen LogP contribution in [0.4, 0.5) is 10.1 Å². The minimum Gasteiger partial charge on any atom is -0.321 e. The molecule has 0 saturated carbocycles. The molecule has 2 aromatic carbocycles. The molecule has 0 saturated heterocycles. The number of nitrogens with one attached hydrogen (secondary N) is 1. The normalized spacial score (nSPS) is 10.3. The maximum Gasteiger partial charge on any atom is 0.255 e. The second-order valence-electron chi connectivity index (χ2n) is 4.45. The highest BCUT2D eigenvalue weighted by Gasteiger charge is 2.10. The molecule has 2 aromatic rings. The van der Waals surface area contributed by atoms with Crippen molar-refractivity contribution < 1.29 is 9.18 Å². The van der Waals surface area contributed by atoms with Gasteiger partial charge in [0, 0.05) is 10.0 Å². The summed E-state index contributed by atoms with van der Waals surface area (Å²) in [6.45, 7) is 3.72. The lowest BCUT2D eigenvalue weighted by molar-refractivity contribution is 0.102. The summed E-state index contributed by atoms with van der Waals surface area (Å²) < 4.78 is 14.1. The lowest BCUT2D eigenvalue weighted by Crippen LogP contribution is -2.12. The Morgan fingerprint density at radius 2 is 1.84 bits per heavy atom. The second-order valence-corrected chi connectivity index (χ2v) is 5.31. The van der Waals surface area contributed by atoms with Gasteiger partial charge in [0.2, 0.25) is 0 Å². The first-order chi connectivity index (χ1) is 8.95. The van der Waals surface area contributed by atoms with Gasteiger partial charge in [0.25, 0.3) is 5.91 Å². The van der Waals surface area contributed by atoms with E-state index in [9.17, 15) is 9.18 Å². The Kier molecular flexibility index (Phi) is 4.00. The third-order valence-corrected chi connectivity index (χ3v) is 3.33. The maximum absolute atomic E-state index is 13.3. The molecule has 19 heavy (non-hydrogen) atoms. The first kappa shape index (κ1) is 13.7. The molecular formula is C15H13BrFNO. The van der Waals surface area contributed by atoms with Crippen LogP contribution in [0.25, 0.3) is 0 Å². The molecule has 0 aliphatic rings. The largest absolute Gasteiger partial charge is 0.321 e. The Hall–Kier alpha value is -1.68. The number of amides is 1. The van der Waals surface area contributed by atoms with Crippen molar-refractivity contribution >= 4 is 27.5 Å². The molecule has 0 heterocycles. The van der Waals surface area contributed by atoms with Crippen LogP contribution in [0.2, 0.25) is 0 Å². The Morgan fingerprint density at radius 1 is 1.11 bits per heavy atom. The van der Waals surface area contributed by atoms with Crippen LogP contribution < -0.4 is 5.32 Å². The number of halogens is 2. The molecule has 0 aliphatic heterocycles. The van der Waals surface area contributed by atoms with E-state index in [2.05, 4.69) is 21.2 Å². The van der Waals surface area contributed by atoms with E-state index in [1.165, 1.54) is 12.1 Å². The number of hydrogen-bond donors (Lipinski definition) is 1. The number of benzene rings is 2. The van der Waals surface area contributed by atoms with Crippen molar-refractivity contribution in [2.24, 2.45) is 0 Å². The number of anilines is 1. The Balaban J connectivity index is 2.25. The number of hydrogen-bond acceptors (Lipinski definition) is 1. The predicted octanol–water partition coefficient (Wildman–Crippen LogP) is 4.46. The molecule has 2 nitrogen and oxygen atoms in total. The number of aryl methyl sites for hydroxylation is 2. The Morgan fingerprint density at radius 3 is 2.47 bits per heavy atom. The monoisotopic (exact) mass is 321 g/mol. The van der Waals surface area contributed by atoms with Crippen molar-refractivity contribution in [2.45, 2.75) is 13.8 Å². The van der Waals surface area contributed by atoms with Gasteiger partial charge in [-0.15, -0.1) is 0 Å². The molecule has 0 unspecified atom stereocenters.